The van der Waals surface area contributed by atoms with Crippen molar-refractivity contribution in [3.63, 3.8) is 0 Å². The fraction of sp³-hybridized carbons (Fsp3) is 0. The van der Waals surface area contributed by atoms with Gasteiger partial charge in [0.1, 0.15) is 6.33 Å². The van der Waals surface area contributed by atoms with Crippen LogP contribution in [0.25, 0.3) is 9.40 Å². The Kier molecular flexibility index (Phi) is 2.19. The van der Waals surface area contributed by atoms with Crippen LogP contribution in [0.4, 0.5) is 5.95 Å². The van der Waals surface area contributed by atoms with Gasteiger partial charge in [-0.3, -0.25) is 10.1 Å². The van der Waals surface area contributed by atoms with Gasteiger partial charge >= 0.3 is 0 Å². The molecule has 3 aromatic heterocycles. The monoisotopic (exact) mass is 250 g/mol. The van der Waals surface area contributed by atoms with Crippen LogP contribution in [0.3, 0.4) is 0 Å². The third-order valence-electron chi connectivity index (χ3n) is 2.01. The van der Waals surface area contributed by atoms with E-state index >= 15 is 0 Å². The summed E-state index contributed by atoms with van der Waals surface area (Å²) in [6.45, 7) is 0. The highest BCUT2D eigenvalue weighted by atomic mass is 32.1. The van der Waals surface area contributed by atoms with Gasteiger partial charge in [-0.1, -0.05) is 0 Å². The number of anilines is 1. The highest BCUT2D eigenvalue weighted by Gasteiger charge is 2.11. The highest BCUT2D eigenvalue weighted by Crippen LogP contribution is 2.30. The van der Waals surface area contributed by atoms with Crippen LogP contribution < -0.4 is 5.32 Å². The molecule has 0 aliphatic heterocycles. The zero-order valence-corrected chi connectivity index (χ0v) is 9.56. The minimum Gasteiger partial charge on any atom is -0.290 e. The molecule has 0 bridgehead atoms. The zero-order valence-electron chi connectivity index (χ0n) is 7.93. The third kappa shape index (κ3) is 1.59. The summed E-state index contributed by atoms with van der Waals surface area (Å²) in [7, 11) is 0. The van der Waals surface area contributed by atoms with E-state index in [0.717, 1.165) is 9.40 Å². The van der Waals surface area contributed by atoms with Crippen molar-refractivity contribution in [3.05, 3.63) is 28.7 Å². The summed E-state index contributed by atoms with van der Waals surface area (Å²) in [5, 5.41) is 10.9. The molecule has 0 atom stereocenters. The van der Waals surface area contributed by atoms with E-state index in [9.17, 15) is 4.79 Å². The number of amides is 1. The van der Waals surface area contributed by atoms with Gasteiger partial charge < -0.3 is 0 Å². The van der Waals surface area contributed by atoms with Crippen LogP contribution in [-0.4, -0.2) is 21.1 Å². The molecule has 3 aromatic rings. The summed E-state index contributed by atoms with van der Waals surface area (Å²) in [5.74, 6) is 0.201. The molecule has 0 radical (unpaired) electrons. The molecular formula is C9H6N4OS2. The zero-order chi connectivity index (χ0) is 11.0. The maximum atomic E-state index is 11.8. The number of nitrogens with zero attached hydrogens (tertiary/aromatic N) is 2. The Labute approximate surface area is 98.1 Å². The van der Waals surface area contributed by atoms with E-state index < -0.39 is 0 Å². The summed E-state index contributed by atoms with van der Waals surface area (Å²) >= 11 is 3.10. The van der Waals surface area contributed by atoms with E-state index in [1.54, 1.807) is 11.3 Å². The highest BCUT2D eigenvalue weighted by molar-refractivity contribution is 7.27. The van der Waals surface area contributed by atoms with E-state index in [1.165, 1.54) is 17.7 Å². The van der Waals surface area contributed by atoms with E-state index in [2.05, 4.69) is 20.5 Å². The lowest BCUT2D eigenvalue weighted by molar-refractivity contribution is 0.103. The lowest BCUT2D eigenvalue weighted by Crippen LogP contribution is -2.11. The van der Waals surface area contributed by atoms with Crippen molar-refractivity contribution in [2.45, 2.75) is 0 Å². The van der Waals surface area contributed by atoms with Crippen molar-refractivity contribution < 1.29 is 4.79 Å². The molecule has 3 heterocycles. The Hall–Kier alpha value is -1.73. The molecule has 7 heteroatoms. The molecule has 5 nitrogen and oxygen atoms in total. The van der Waals surface area contributed by atoms with Crippen LogP contribution in [0.2, 0.25) is 0 Å². The summed E-state index contributed by atoms with van der Waals surface area (Å²) in [6, 6.07) is 3.90. The van der Waals surface area contributed by atoms with Crippen LogP contribution in [0.15, 0.2) is 23.8 Å². The second kappa shape index (κ2) is 3.69. The first-order valence-electron chi connectivity index (χ1n) is 4.47. The number of nitrogens with one attached hydrogen (secondary N) is 2. The number of aromatic nitrogens is 3. The molecule has 0 aromatic carbocycles. The van der Waals surface area contributed by atoms with E-state index in [1.807, 2.05) is 17.5 Å². The number of rotatable bonds is 2. The maximum Gasteiger partial charge on any atom is 0.268 e. The van der Waals surface area contributed by atoms with Gasteiger partial charge in [0.25, 0.3) is 5.91 Å². The average molecular weight is 250 g/mol. The molecule has 0 saturated carbocycles. The summed E-state index contributed by atoms with van der Waals surface area (Å²) in [4.78, 5) is 16.3. The van der Waals surface area contributed by atoms with Crippen LogP contribution in [-0.2, 0) is 0 Å². The molecular weight excluding hydrogens is 244 g/mol. The van der Waals surface area contributed by atoms with Gasteiger partial charge in [-0.2, -0.15) is 10.1 Å². The smallest absolute Gasteiger partial charge is 0.268 e. The molecule has 0 saturated heterocycles. The maximum absolute atomic E-state index is 11.8. The Morgan fingerprint density at radius 1 is 1.44 bits per heavy atom. The Morgan fingerprint density at radius 3 is 3.12 bits per heavy atom. The number of hydrogen-bond donors (Lipinski definition) is 2. The number of carbonyl (C=O) groups is 1. The fourth-order valence-electron chi connectivity index (χ4n) is 1.31. The predicted molar refractivity (Wildman–Crippen MR) is 64.0 cm³/mol. The molecule has 0 unspecified atom stereocenters. The molecule has 0 fully saturated rings. The third-order valence-corrected chi connectivity index (χ3v) is 4.10. The SMILES string of the molecule is O=C(Nc1ncn[nH]1)c1cc2sccc2s1. The fourth-order valence-corrected chi connectivity index (χ4v) is 3.32. The predicted octanol–water partition coefficient (Wildman–Crippen LogP) is 2.33. The van der Waals surface area contributed by atoms with Crippen molar-refractivity contribution in [1.82, 2.24) is 15.2 Å². The normalized spacial score (nSPS) is 10.8. The van der Waals surface area contributed by atoms with Crippen molar-refractivity contribution in [3.8, 4) is 0 Å². The van der Waals surface area contributed by atoms with Gasteiger partial charge in [0.05, 0.1) is 4.88 Å². The molecule has 0 aliphatic rings. The van der Waals surface area contributed by atoms with Gasteiger partial charge in [0, 0.05) is 9.40 Å². The number of aromatic amines is 1. The van der Waals surface area contributed by atoms with E-state index in [4.69, 9.17) is 0 Å². The first-order valence-corrected chi connectivity index (χ1v) is 6.16. The van der Waals surface area contributed by atoms with Crippen molar-refractivity contribution in [1.29, 1.82) is 0 Å². The molecule has 3 rings (SSSR count). The molecule has 80 valence electrons. The van der Waals surface area contributed by atoms with Crippen LogP contribution in [0, 0.1) is 0 Å². The number of H-pyrrole nitrogens is 1. The van der Waals surface area contributed by atoms with Crippen LogP contribution in [0.5, 0.6) is 0 Å². The topological polar surface area (TPSA) is 70.7 Å². The van der Waals surface area contributed by atoms with Crippen molar-refractivity contribution in [2.24, 2.45) is 0 Å². The largest absolute Gasteiger partial charge is 0.290 e. The molecule has 0 aliphatic carbocycles. The van der Waals surface area contributed by atoms with Gasteiger partial charge in [0.15, 0.2) is 0 Å². The minimum absolute atomic E-state index is 0.162. The standard InChI is InChI=1S/C9H6N4OS2/c14-8(12-9-10-4-11-13-9)7-3-6-5(16-7)1-2-15-6/h1-4H,(H2,10,11,12,13,14). The number of hydrogen-bond acceptors (Lipinski definition) is 5. The number of thiophene rings is 2. The molecule has 0 spiro atoms. The Bertz CT molecular complexity index is 596. The van der Waals surface area contributed by atoms with Gasteiger partial charge in [-0.05, 0) is 17.5 Å². The van der Waals surface area contributed by atoms with Gasteiger partial charge in [0.2, 0.25) is 5.95 Å². The lowest BCUT2D eigenvalue weighted by Gasteiger charge is -1.96. The van der Waals surface area contributed by atoms with E-state index in [-0.39, 0.29) is 5.91 Å². The van der Waals surface area contributed by atoms with Crippen LogP contribution >= 0.6 is 22.7 Å². The first-order chi connectivity index (χ1) is 7.83. The quantitative estimate of drug-likeness (QED) is 0.733. The first kappa shape index (κ1) is 9.49. The second-order valence-electron chi connectivity index (χ2n) is 3.05. The summed E-state index contributed by atoms with van der Waals surface area (Å²) < 4.78 is 2.26. The lowest BCUT2D eigenvalue weighted by atomic mass is 10.4. The van der Waals surface area contributed by atoms with Crippen molar-refractivity contribution in [2.75, 3.05) is 5.32 Å². The second-order valence-corrected chi connectivity index (χ2v) is 5.08. The summed E-state index contributed by atoms with van der Waals surface area (Å²) in [6.07, 6.45) is 1.35. The van der Waals surface area contributed by atoms with E-state index in [0.29, 0.717) is 10.8 Å². The van der Waals surface area contributed by atoms with Crippen LogP contribution in [0.1, 0.15) is 9.67 Å². The number of fused-ring (bicyclic) bond motifs is 1. The Balaban J connectivity index is 1.87. The summed E-state index contributed by atoms with van der Waals surface area (Å²) in [5.41, 5.74) is 0. The molecule has 2 N–H and O–H groups in total. The Morgan fingerprint density at radius 2 is 2.38 bits per heavy atom. The molecule has 16 heavy (non-hydrogen) atoms. The average Bonchev–Trinajstić information content (AvgIpc) is 2.91. The van der Waals surface area contributed by atoms with Gasteiger partial charge in [-0.15, -0.1) is 22.7 Å². The van der Waals surface area contributed by atoms with Crippen molar-refractivity contribution >= 4 is 43.9 Å². The molecule has 1 amide bonds. The minimum atomic E-state index is -0.162. The van der Waals surface area contributed by atoms with Gasteiger partial charge in [-0.25, -0.2) is 5.10 Å². The number of carbonyl (C=O) groups excluding carboxylic acids is 1.